The topological polar surface area (TPSA) is 119 Å². The first-order chi connectivity index (χ1) is 18.5. The molecular formula is C27H29F4N3O5. The Morgan fingerprint density at radius 2 is 1.59 bits per heavy atom. The van der Waals surface area contributed by atoms with Crippen LogP contribution in [-0.4, -0.2) is 64.8 Å². The second-order valence-electron chi connectivity index (χ2n) is 9.38. The number of benzene rings is 2. The first kappa shape index (κ1) is 29.8. The van der Waals surface area contributed by atoms with Crippen molar-refractivity contribution in [3.8, 4) is 0 Å². The maximum Gasteiger partial charge on any atom is 0.490 e. The summed E-state index contributed by atoms with van der Waals surface area (Å²) in [6, 6.07) is 13.9. The molecule has 4 rings (SSSR count). The van der Waals surface area contributed by atoms with Crippen LogP contribution < -0.4 is 10.8 Å². The highest BCUT2D eigenvalue weighted by Crippen LogP contribution is 2.41. The summed E-state index contributed by atoms with van der Waals surface area (Å²) in [5.41, 5.74) is 3.95. The van der Waals surface area contributed by atoms with Crippen LogP contribution in [0.2, 0.25) is 0 Å². The molecule has 0 unspecified atom stereocenters. The highest BCUT2D eigenvalue weighted by Gasteiger charge is 2.39. The van der Waals surface area contributed by atoms with Gasteiger partial charge in [-0.25, -0.2) is 14.7 Å². The van der Waals surface area contributed by atoms with Crippen LogP contribution in [0.3, 0.4) is 0 Å². The molecule has 210 valence electrons. The molecule has 4 N–H and O–H groups in total. The Morgan fingerprint density at radius 1 is 1.00 bits per heavy atom. The molecule has 39 heavy (non-hydrogen) atoms. The third kappa shape index (κ3) is 9.18. The number of alkyl halides is 3. The number of hydrogen-bond acceptors (Lipinski definition) is 5. The van der Waals surface area contributed by atoms with Gasteiger partial charge in [-0.1, -0.05) is 24.3 Å². The summed E-state index contributed by atoms with van der Waals surface area (Å²) >= 11 is 0. The molecule has 8 nitrogen and oxygen atoms in total. The summed E-state index contributed by atoms with van der Waals surface area (Å²) < 4.78 is 44.8. The van der Waals surface area contributed by atoms with Crippen LogP contribution >= 0.6 is 0 Å². The number of hydroxylamine groups is 1. The fourth-order valence-corrected chi connectivity index (χ4v) is 4.26. The quantitative estimate of drug-likeness (QED) is 0.179. The van der Waals surface area contributed by atoms with Gasteiger partial charge in [0.1, 0.15) is 5.82 Å². The van der Waals surface area contributed by atoms with Gasteiger partial charge < -0.3 is 15.3 Å². The number of carbonyl (C=O) groups excluding carboxylic acids is 2. The smallest absolute Gasteiger partial charge is 0.475 e. The zero-order valence-electron chi connectivity index (χ0n) is 20.8. The molecule has 1 heterocycles. The van der Waals surface area contributed by atoms with Crippen LogP contribution in [-0.2, 0) is 9.59 Å². The monoisotopic (exact) mass is 551 g/mol. The minimum absolute atomic E-state index is 0.00727. The number of rotatable bonds is 7. The first-order valence-corrected chi connectivity index (χ1v) is 12.3. The molecule has 2 aromatic carbocycles. The Bertz CT molecular complexity index is 1160. The van der Waals surface area contributed by atoms with E-state index in [4.69, 9.17) is 15.1 Å². The highest BCUT2D eigenvalue weighted by molar-refractivity contribution is 5.94. The van der Waals surface area contributed by atoms with E-state index < -0.39 is 18.1 Å². The van der Waals surface area contributed by atoms with E-state index in [0.717, 1.165) is 44.5 Å². The number of likely N-dealkylation sites (tertiary alicyclic amines) is 1. The lowest BCUT2D eigenvalue weighted by molar-refractivity contribution is -0.192. The van der Waals surface area contributed by atoms with Crippen molar-refractivity contribution in [3.63, 3.8) is 0 Å². The van der Waals surface area contributed by atoms with Crippen molar-refractivity contribution >= 4 is 23.9 Å². The van der Waals surface area contributed by atoms with Crippen LogP contribution in [0, 0.1) is 11.7 Å². The van der Waals surface area contributed by atoms with E-state index in [0.29, 0.717) is 23.4 Å². The normalized spacial score (nSPS) is 19.3. The summed E-state index contributed by atoms with van der Waals surface area (Å²) in [6.45, 7) is 2.45. The molecule has 0 bridgehead atoms. The lowest BCUT2D eigenvalue weighted by Gasteiger charge is -2.31. The van der Waals surface area contributed by atoms with Gasteiger partial charge in [0.05, 0.1) is 0 Å². The number of piperidine rings is 1. The Hall–Kier alpha value is -3.77. The molecule has 0 radical (unpaired) electrons. The molecule has 0 aromatic heterocycles. The number of nitrogens with zero attached hydrogens (tertiary/aromatic N) is 1. The maximum atomic E-state index is 13.1. The van der Waals surface area contributed by atoms with Crippen LogP contribution in [0.25, 0.3) is 6.08 Å². The van der Waals surface area contributed by atoms with Gasteiger partial charge in [-0.15, -0.1) is 0 Å². The molecule has 1 aliphatic carbocycles. The second kappa shape index (κ2) is 13.3. The number of halogens is 4. The van der Waals surface area contributed by atoms with Crippen LogP contribution in [0.1, 0.15) is 46.7 Å². The first-order valence-electron chi connectivity index (χ1n) is 12.3. The standard InChI is InChI=1S/C25H28FN3O3.C2HF3O2/c26-21-8-6-19(7-9-21)22-15-23(22)27-16-18-11-13-29(14-12-18)24(30)10-3-17-1-4-20(5-2-17)25(31)28-32;3-2(4,5)1(6)7/h1-10,18,22-23,27,32H,11-16H2,(H,28,31);(H,6,7)/b10-3+;/t22-,23+;/m0./s1. The van der Waals surface area contributed by atoms with E-state index in [2.05, 4.69) is 5.32 Å². The molecule has 1 saturated carbocycles. The number of amides is 2. The van der Waals surface area contributed by atoms with Crippen molar-refractivity contribution in [2.75, 3.05) is 19.6 Å². The molecule has 2 amide bonds. The third-order valence-electron chi connectivity index (χ3n) is 6.62. The van der Waals surface area contributed by atoms with Gasteiger partial charge in [0, 0.05) is 36.7 Å². The van der Waals surface area contributed by atoms with Crippen molar-refractivity contribution in [2.24, 2.45) is 5.92 Å². The van der Waals surface area contributed by atoms with Crippen LogP contribution in [0.5, 0.6) is 0 Å². The van der Waals surface area contributed by atoms with Crippen LogP contribution in [0.15, 0.2) is 54.6 Å². The summed E-state index contributed by atoms with van der Waals surface area (Å²) in [4.78, 5) is 34.6. The fraction of sp³-hybridized carbons (Fsp3) is 0.370. The number of aliphatic carboxylic acids is 1. The minimum atomic E-state index is -5.08. The van der Waals surface area contributed by atoms with Gasteiger partial charge in [-0.3, -0.25) is 14.8 Å². The molecule has 0 spiro atoms. The molecule has 1 saturated heterocycles. The summed E-state index contributed by atoms with van der Waals surface area (Å²) in [5, 5.41) is 19.4. The Morgan fingerprint density at radius 3 is 2.13 bits per heavy atom. The highest BCUT2D eigenvalue weighted by atomic mass is 19.4. The van der Waals surface area contributed by atoms with Crippen molar-refractivity contribution in [2.45, 2.75) is 37.4 Å². The van der Waals surface area contributed by atoms with Crippen molar-refractivity contribution in [3.05, 3.63) is 77.1 Å². The van der Waals surface area contributed by atoms with Gasteiger partial charge in [0.25, 0.3) is 5.91 Å². The largest absolute Gasteiger partial charge is 0.490 e. The van der Waals surface area contributed by atoms with E-state index >= 15 is 0 Å². The molecule has 2 fully saturated rings. The Labute approximate surface area is 222 Å². The average molecular weight is 552 g/mol. The minimum Gasteiger partial charge on any atom is -0.475 e. The van der Waals surface area contributed by atoms with Crippen molar-refractivity contribution in [1.29, 1.82) is 0 Å². The number of hydrogen-bond donors (Lipinski definition) is 4. The van der Waals surface area contributed by atoms with Crippen molar-refractivity contribution < 1.29 is 42.3 Å². The maximum absolute atomic E-state index is 13.1. The van der Waals surface area contributed by atoms with Crippen molar-refractivity contribution in [1.82, 2.24) is 15.7 Å². The Kier molecular flexibility index (Phi) is 10.2. The predicted octanol–water partition coefficient (Wildman–Crippen LogP) is 3.98. The SMILES string of the molecule is O=C(NO)c1ccc(/C=C/C(=O)N2CCC(CN[C@@H]3C[C@H]3c3ccc(F)cc3)CC2)cc1.O=C(O)C(F)(F)F. The predicted molar refractivity (Wildman–Crippen MR) is 133 cm³/mol. The molecule has 1 aliphatic heterocycles. The average Bonchev–Trinajstić information content (AvgIpc) is 3.70. The number of nitrogens with one attached hydrogen (secondary N) is 2. The molecule has 12 heteroatoms. The number of carbonyl (C=O) groups is 3. The van der Waals surface area contributed by atoms with Gasteiger partial charge in [-0.05, 0) is 73.2 Å². The number of carboxylic acids is 1. The lowest BCUT2D eigenvalue weighted by atomic mass is 9.96. The molecular weight excluding hydrogens is 522 g/mol. The van der Waals surface area contributed by atoms with Gasteiger partial charge in [0.15, 0.2) is 0 Å². The zero-order valence-corrected chi connectivity index (χ0v) is 20.8. The molecule has 2 aromatic rings. The van der Waals surface area contributed by atoms with E-state index in [1.165, 1.54) is 17.7 Å². The number of carboxylic acid groups (broad SMARTS) is 1. The lowest BCUT2D eigenvalue weighted by Crippen LogP contribution is -2.40. The van der Waals surface area contributed by atoms with Gasteiger partial charge in [0.2, 0.25) is 5.91 Å². The van der Waals surface area contributed by atoms with Crippen LogP contribution in [0.4, 0.5) is 17.6 Å². The zero-order chi connectivity index (χ0) is 28.6. The summed E-state index contributed by atoms with van der Waals surface area (Å²) in [6.07, 6.45) is 1.27. The van der Waals surface area contributed by atoms with E-state index in [1.54, 1.807) is 41.9 Å². The van der Waals surface area contributed by atoms with Gasteiger partial charge in [-0.2, -0.15) is 13.2 Å². The van der Waals surface area contributed by atoms with E-state index in [1.807, 2.05) is 17.0 Å². The summed E-state index contributed by atoms with van der Waals surface area (Å²) in [7, 11) is 0. The molecule has 2 aliphatic rings. The third-order valence-corrected chi connectivity index (χ3v) is 6.62. The fourth-order valence-electron chi connectivity index (χ4n) is 4.26. The molecule has 2 atom stereocenters. The Balaban J connectivity index is 0.000000532. The van der Waals surface area contributed by atoms with Gasteiger partial charge >= 0.3 is 12.1 Å². The van der Waals surface area contributed by atoms with E-state index in [9.17, 15) is 27.2 Å². The summed E-state index contributed by atoms with van der Waals surface area (Å²) in [5.74, 6) is -2.49. The second-order valence-corrected chi connectivity index (χ2v) is 9.38. The van der Waals surface area contributed by atoms with E-state index in [-0.39, 0.29) is 11.7 Å².